The van der Waals surface area contributed by atoms with E-state index in [1.807, 2.05) is 11.3 Å². The van der Waals surface area contributed by atoms with Crippen LogP contribution in [0.1, 0.15) is 55.0 Å². The Kier molecular flexibility index (Phi) is 3.68. The van der Waals surface area contributed by atoms with Crippen LogP contribution in [0.5, 0.6) is 0 Å². The number of aromatic nitrogens is 2. The summed E-state index contributed by atoms with van der Waals surface area (Å²) in [6.07, 6.45) is 0. The number of nitrogens with zero attached hydrogens (tertiary/aromatic N) is 2. The zero-order chi connectivity index (χ0) is 18.5. The molecular formula is C24H29N2S+. The third-order valence-corrected chi connectivity index (χ3v) is 7.84. The molecule has 4 heterocycles. The summed E-state index contributed by atoms with van der Waals surface area (Å²) in [6, 6.07) is 8.87. The Morgan fingerprint density at radius 1 is 0.926 bits per heavy atom. The van der Waals surface area contributed by atoms with Crippen LogP contribution in [0.15, 0.2) is 24.3 Å². The van der Waals surface area contributed by atoms with Crippen molar-refractivity contribution < 1.29 is 4.57 Å². The third-order valence-electron chi connectivity index (χ3n) is 6.66. The number of hydrogen-bond donors (Lipinski definition) is 0. The van der Waals surface area contributed by atoms with Gasteiger partial charge in [0.25, 0.3) is 5.82 Å². The van der Waals surface area contributed by atoms with Gasteiger partial charge in [-0.2, -0.15) is 4.40 Å². The van der Waals surface area contributed by atoms with Crippen LogP contribution < -0.4 is 4.57 Å². The Morgan fingerprint density at radius 2 is 1.59 bits per heavy atom. The predicted molar refractivity (Wildman–Crippen MR) is 117 cm³/mol. The maximum Gasteiger partial charge on any atom is 0.259 e. The first-order valence-electron chi connectivity index (χ1n) is 9.33. The summed E-state index contributed by atoms with van der Waals surface area (Å²) in [5.41, 5.74) is 9.85. The second-order valence-corrected chi connectivity index (χ2v) is 9.29. The molecule has 27 heavy (non-hydrogen) atoms. The number of hydrogen-bond acceptors (Lipinski definition) is 1. The minimum atomic E-state index is -0.0406. The maximum absolute atomic E-state index is 2.58. The molecule has 0 radical (unpaired) electrons. The highest BCUT2D eigenvalue weighted by Gasteiger charge is 2.48. The molecule has 0 bridgehead atoms. The summed E-state index contributed by atoms with van der Waals surface area (Å²) < 4.78 is 6.46. The largest absolute Gasteiger partial charge is 0.259 e. The molecule has 140 valence electrons. The first kappa shape index (κ1) is 18.2. The molecule has 0 fully saturated rings. The second kappa shape index (κ2) is 5.45. The van der Waals surface area contributed by atoms with Gasteiger partial charge >= 0.3 is 0 Å². The van der Waals surface area contributed by atoms with Crippen molar-refractivity contribution in [1.82, 2.24) is 4.40 Å². The Bertz CT molecular complexity index is 1250. The summed E-state index contributed by atoms with van der Waals surface area (Å²) in [4.78, 5) is 1.45. The highest BCUT2D eigenvalue weighted by atomic mass is 32.1. The van der Waals surface area contributed by atoms with E-state index in [2.05, 4.69) is 81.7 Å². The van der Waals surface area contributed by atoms with E-state index in [0.717, 1.165) is 0 Å². The molecule has 1 aromatic carbocycles. The molecule has 5 rings (SSSR count). The first-order chi connectivity index (χ1) is 12.3. The number of fused-ring (bicyclic) bond motifs is 7. The first-order valence-corrected chi connectivity index (χ1v) is 10.1. The van der Waals surface area contributed by atoms with Crippen molar-refractivity contribution in [2.24, 2.45) is 0 Å². The molecule has 0 atom stereocenters. The predicted octanol–water partition coefficient (Wildman–Crippen LogP) is 6.38. The van der Waals surface area contributed by atoms with Gasteiger partial charge in [-0.05, 0) is 58.7 Å². The molecule has 0 N–H and O–H groups in total. The zero-order valence-electron chi connectivity index (χ0n) is 16.6. The Labute approximate surface area is 166 Å². The number of benzene rings is 1. The van der Waals surface area contributed by atoms with Crippen LogP contribution in [0.2, 0.25) is 0 Å². The van der Waals surface area contributed by atoms with Crippen molar-refractivity contribution in [3.63, 3.8) is 0 Å². The molecule has 0 unspecified atom stereocenters. The van der Waals surface area contributed by atoms with E-state index in [9.17, 15) is 0 Å². The average Bonchev–Trinajstić information content (AvgIpc) is 3.20. The van der Waals surface area contributed by atoms with Gasteiger partial charge in [0, 0.05) is 28.1 Å². The molecule has 0 amide bonds. The summed E-state index contributed by atoms with van der Waals surface area (Å²) in [7, 11) is 0. The van der Waals surface area contributed by atoms with Crippen LogP contribution in [0.4, 0.5) is 0 Å². The van der Waals surface area contributed by atoms with E-state index in [1.165, 1.54) is 59.9 Å². The lowest BCUT2D eigenvalue weighted by Gasteiger charge is -2.18. The lowest BCUT2D eigenvalue weighted by atomic mass is 9.93. The molecule has 1 aliphatic heterocycles. The van der Waals surface area contributed by atoms with Crippen LogP contribution >= 0.6 is 11.3 Å². The van der Waals surface area contributed by atoms with E-state index >= 15 is 0 Å². The number of imidazole rings is 1. The van der Waals surface area contributed by atoms with Crippen LogP contribution in [0.25, 0.3) is 26.2 Å². The maximum atomic E-state index is 2.58. The van der Waals surface area contributed by atoms with Gasteiger partial charge in [0.2, 0.25) is 0 Å². The Hall–Kier alpha value is -2.13. The SMILES string of the molecule is C.Cc1c(C)c(C)n2c(C)[n+]3c(c2c1C)-c1sc2ccccc2c1C3(C)C. The minimum Gasteiger partial charge on any atom is -0.217 e. The lowest BCUT2D eigenvalue weighted by Crippen LogP contribution is -2.52. The molecular weight excluding hydrogens is 348 g/mol. The van der Waals surface area contributed by atoms with Crippen molar-refractivity contribution in [3.05, 3.63) is 58.0 Å². The minimum absolute atomic E-state index is 0. The molecule has 2 nitrogen and oxygen atoms in total. The van der Waals surface area contributed by atoms with Crippen molar-refractivity contribution in [2.45, 2.75) is 61.4 Å². The van der Waals surface area contributed by atoms with Crippen molar-refractivity contribution in [3.8, 4) is 10.6 Å². The van der Waals surface area contributed by atoms with E-state index in [4.69, 9.17) is 0 Å². The molecule has 0 aliphatic carbocycles. The van der Waals surface area contributed by atoms with Gasteiger partial charge in [0.05, 0.1) is 4.88 Å². The molecule has 3 heteroatoms. The lowest BCUT2D eigenvalue weighted by molar-refractivity contribution is -0.735. The van der Waals surface area contributed by atoms with E-state index < -0.39 is 0 Å². The number of rotatable bonds is 0. The summed E-state index contributed by atoms with van der Waals surface area (Å²) in [6.45, 7) is 16.1. The van der Waals surface area contributed by atoms with Crippen molar-refractivity contribution in [1.29, 1.82) is 0 Å². The van der Waals surface area contributed by atoms with E-state index in [1.54, 1.807) is 0 Å². The summed E-state index contributed by atoms with van der Waals surface area (Å²) in [5, 5.41) is 1.41. The smallest absolute Gasteiger partial charge is 0.217 e. The fourth-order valence-corrected chi connectivity index (χ4v) is 6.51. The topological polar surface area (TPSA) is 8.29 Å². The van der Waals surface area contributed by atoms with Crippen LogP contribution in [-0.4, -0.2) is 4.40 Å². The highest BCUT2D eigenvalue weighted by Crippen LogP contribution is 2.50. The highest BCUT2D eigenvalue weighted by molar-refractivity contribution is 7.22. The summed E-state index contributed by atoms with van der Waals surface area (Å²) in [5.74, 6) is 1.33. The molecule has 0 saturated carbocycles. The van der Waals surface area contributed by atoms with Gasteiger partial charge in [-0.25, -0.2) is 4.57 Å². The Balaban J connectivity index is 0.00000180. The number of thiophene rings is 1. The molecule has 3 aromatic heterocycles. The van der Waals surface area contributed by atoms with Gasteiger partial charge in [-0.1, -0.05) is 25.6 Å². The molecule has 0 spiro atoms. The average molecular weight is 378 g/mol. The second-order valence-electron chi connectivity index (χ2n) is 8.24. The molecule has 0 saturated heterocycles. The van der Waals surface area contributed by atoms with Gasteiger partial charge in [0.15, 0.2) is 11.2 Å². The number of aryl methyl sites for hydroxylation is 3. The van der Waals surface area contributed by atoms with Crippen LogP contribution in [-0.2, 0) is 5.54 Å². The van der Waals surface area contributed by atoms with Gasteiger partial charge in [0.1, 0.15) is 11.2 Å². The van der Waals surface area contributed by atoms with Crippen LogP contribution in [0.3, 0.4) is 0 Å². The van der Waals surface area contributed by atoms with E-state index in [0.29, 0.717) is 0 Å². The standard InChI is InChI=1S/C23H25N2S.CH4/c1-12-13(2)15(4)24-16(5)25-21(20(24)14(12)3)22-19(23(25,6)7)17-10-8-9-11-18(17)26-22;/h8-11H,1-7H3;1H4/q+1;. The fourth-order valence-electron chi connectivity index (χ4n) is 5.11. The van der Waals surface area contributed by atoms with Gasteiger partial charge < -0.3 is 0 Å². The van der Waals surface area contributed by atoms with Crippen molar-refractivity contribution in [2.75, 3.05) is 0 Å². The third kappa shape index (κ3) is 1.93. The van der Waals surface area contributed by atoms with Gasteiger partial charge in [-0.3, -0.25) is 0 Å². The fraction of sp³-hybridized carbons (Fsp3) is 0.375. The van der Waals surface area contributed by atoms with Crippen molar-refractivity contribution >= 4 is 26.9 Å². The monoisotopic (exact) mass is 377 g/mol. The quantitative estimate of drug-likeness (QED) is 0.314. The Morgan fingerprint density at radius 3 is 2.30 bits per heavy atom. The van der Waals surface area contributed by atoms with E-state index in [-0.39, 0.29) is 13.0 Å². The van der Waals surface area contributed by atoms with Gasteiger partial charge in [-0.15, -0.1) is 11.3 Å². The molecule has 1 aliphatic rings. The summed E-state index contributed by atoms with van der Waals surface area (Å²) >= 11 is 1.95. The number of pyridine rings is 1. The zero-order valence-corrected chi connectivity index (χ0v) is 17.4. The normalized spacial score (nSPS) is 14.5. The molecule has 4 aromatic rings. The van der Waals surface area contributed by atoms with Crippen LogP contribution in [0, 0.1) is 34.6 Å².